The smallest absolute Gasteiger partial charge is 0.259 e. The van der Waals surface area contributed by atoms with Crippen molar-refractivity contribution in [3.05, 3.63) is 78.8 Å². The number of rotatable bonds is 6. The van der Waals surface area contributed by atoms with E-state index in [9.17, 15) is 0 Å². The third-order valence-electron chi connectivity index (χ3n) is 5.86. The van der Waals surface area contributed by atoms with Crippen molar-refractivity contribution in [3.8, 4) is 51.2 Å². The first kappa shape index (κ1) is 21.0. The molecule has 1 fully saturated rings. The lowest BCUT2D eigenvalue weighted by Gasteiger charge is -2.12. The molecular weight excluding hydrogens is 447 g/mol. The summed E-state index contributed by atoms with van der Waals surface area (Å²) < 4.78 is 26.1. The summed E-state index contributed by atoms with van der Waals surface area (Å²) in [5.74, 6) is 0.694. The average molecular weight is 466 g/mol. The molecule has 0 saturated heterocycles. The summed E-state index contributed by atoms with van der Waals surface area (Å²) in [6, 6.07) is 14.1. The minimum atomic E-state index is -0.480. The molecule has 1 saturated carbocycles. The van der Waals surface area contributed by atoms with Crippen molar-refractivity contribution in [2.75, 3.05) is 7.11 Å². The van der Waals surface area contributed by atoms with Gasteiger partial charge >= 0.3 is 0 Å². The molecule has 4 heterocycles. The van der Waals surface area contributed by atoms with Gasteiger partial charge in [-0.3, -0.25) is 9.97 Å². The molecular formula is C26H19FN6O2. The zero-order chi connectivity index (χ0) is 23.8. The first-order valence-electron chi connectivity index (χ1n) is 11.1. The lowest BCUT2D eigenvalue weighted by Crippen LogP contribution is -2.00. The van der Waals surface area contributed by atoms with Crippen LogP contribution >= 0.6 is 0 Å². The second-order valence-electron chi connectivity index (χ2n) is 8.18. The van der Waals surface area contributed by atoms with Crippen molar-refractivity contribution in [3.63, 3.8) is 0 Å². The molecule has 172 valence electrons. The normalized spacial score (nSPS) is 13.1. The molecule has 35 heavy (non-hydrogen) atoms. The zero-order valence-electron chi connectivity index (χ0n) is 18.7. The molecule has 0 N–H and O–H groups in total. The summed E-state index contributed by atoms with van der Waals surface area (Å²) in [7, 11) is 1.55. The molecule has 1 aromatic carbocycles. The standard InChI is InChI=1S/C26H19FN6O2/c1-34-26-22(23(15-5-6-15)30-14-31-26)16-7-9-18(19(27)12-16)24-32-25(35-33-24)17-8-10-21(29-13-17)20-4-2-3-11-28-20/h2-4,7-15H,5-6H2,1H3. The molecule has 0 bridgehead atoms. The number of hydrogen-bond acceptors (Lipinski definition) is 8. The van der Waals surface area contributed by atoms with Gasteiger partial charge in [-0.05, 0) is 54.8 Å². The molecule has 4 aromatic heterocycles. The van der Waals surface area contributed by atoms with Crippen LogP contribution in [0.2, 0.25) is 0 Å². The highest BCUT2D eigenvalue weighted by Gasteiger charge is 2.30. The van der Waals surface area contributed by atoms with E-state index in [1.54, 1.807) is 31.6 Å². The van der Waals surface area contributed by atoms with Crippen LogP contribution in [0.3, 0.4) is 0 Å². The number of pyridine rings is 2. The van der Waals surface area contributed by atoms with Crippen molar-refractivity contribution in [2.45, 2.75) is 18.8 Å². The fourth-order valence-corrected chi connectivity index (χ4v) is 3.96. The van der Waals surface area contributed by atoms with Gasteiger partial charge in [0.2, 0.25) is 11.7 Å². The Kier molecular flexibility index (Phi) is 5.21. The topological polar surface area (TPSA) is 99.7 Å². The van der Waals surface area contributed by atoms with Crippen LogP contribution in [0.4, 0.5) is 4.39 Å². The van der Waals surface area contributed by atoms with E-state index >= 15 is 4.39 Å². The summed E-state index contributed by atoms with van der Waals surface area (Å²) in [6.07, 6.45) is 6.93. The Morgan fingerprint density at radius 3 is 2.51 bits per heavy atom. The summed E-state index contributed by atoms with van der Waals surface area (Å²) >= 11 is 0. The number of aromatic nitrogens is 6. The summed E-state index contributed by atoms with van der Waals surface area (Å²) in [6.45, 7) is 0. The first-order chi connectivity index (χ1) is 17.2. The van der Waals surface area contributed by atoms with Crippen molar-refractivity contribution in [1.82, 2.24) is 30.1 Å². The highest BCUT2D eigenvalue weighted by molar-refractivity contribution is 5.74. The number of nitrogens with zero attached hydrogens (tertiary/aromatic N) is 6. The van der Waals surface area contributed by atoms with E-state index in [2.05, 4.69) is 30.1 Å². The minimum absolute atomic E-state index is 0.150. The van der Waals surface area contributed by atoms with Crippen LogP contribution in [0.25, 0.3) is 45.4 Å². The molecule has 6 rings (SSSR count). The van der Waals surface area contributed by atoms with Gasteiger partial charge in [0.25, 0.3) is 5.89 Å². The van der Waals surface area contributed by atoms with Gasteiger partial charge in [-0.2, -0.15) is 4.98 Å². The van der Waals surface area contributed by atoms with Crippen LogP contribution in [0.1, 0.15) is 24.5 Å². The Labute approximate surface area is 199 Å². The van der Waals surface area contributed by atoms with Gasteiger partial charge in [-0.15, -0.1) is 0 Å². The highest BCUT2D eigenvalue weighted by Crippen LogP contribution is 2.45. The lowest BCUT2D eigenvalue weighted by molar-refractivity contribution is 0.398. The summed E-state index contributed by atoms with van der Waals surface area (Å²) in [5.41, 5.74) is 4.58. The molecule has 0 atom stereocenters. The number of methoxy groups -OCH3 is 1. The van der Waals surface area contributed by atoms with Crippen molar-refractivity contribution in [1.29, 1.82) is 0 Å². The number of halogens is 1. The molecule has 0 unspecified atom stereocenters. The van der Waals surface area contributed by atoms with Crippen molar-refractivity contribution >= 4 is 0 Å². The molecule has 9 heteroatoms. The van der Waals surface area contributed by atoms with E-state index in [-0.39, 0.29) is 17.3 Å². The van der Waals surface area contributed by atoms with Gasteiger partial charge < -0.3 is 9.26 Å². The van der Waals surface area contributed by atoms with E-state index in [4.69, 9.17) is 9.26 Å². The second-order valence-corrected chi connectivity index (χ2v) is 8.18. The predicted molar refractivity (Wildman–Crippen MR) is 126 cm³/mol. The summed E-state index contributed by atoms with van der Waals surface area (Å²) in [4.78, 5) is 21.7. The number of ether oxygens (including phenoxy) is 1. The lowest BCUT2D eigenvalue weighted by atomic mass is 10.0. The summed E-state index contributed by atoms with van der Waals surface area (Å²) in [5, 5.41) is 3.98. The fraction of sp³-hybridized carbons (Fsp3) is 0.154. The maximum absolute atomic E-state index is 15.2. The van der Waals surface area contributed by atoms with Crippen LogP contribution in [0.15, 0.2) is 71.8 Å². The first-order valence-corrected chi connectivity index (χ1v) is 11.1. The maximum Gasteiger partial charge on any atom is 0.259 e. The van der Waals surface area contributed by atoms with E-state index in [0.717, 1.165) is 35.5 Å². The number of benzene rings is 1. The van der Waals surface area contributed by atoms with E-state index in [1.165, 1.54) is 12.4 Å². The molecule has 1 aliphatic carbocycles. The van der Waals surface area contributed by atoms with Crippen LogP contribution in [-0.2, 0) is 0 Å². The molecule has 0 radical (unpaired) electrons. The number of hydrogen-bond donors (Lipinski definition) is 0. The predicted octanol–water partition coefficient (Wildman–Crippen LogP) is 5.34. The third kappa shape index (κ3) is 4.01. The van der Waals surface area contributed by atoms with Crippen molar-refractivity contribution < 1.29 is 13.7 Å². The second kappa shape index (κ2) is 8.68. The fourth-order valence-electron chi connectivity index (χ4n) is 3.96. The van der Waals surface area contributed by atoms with Crippen LogP contribution in [0, 0.1) is 5.82 Å². The van der Waals surface area contributed by atoms with Crippen LogP contribution in [-0.4, -0.2) is 37.2 Å². The van der Waals surface area contributed by atoms with Crippen LogP contribution in [0.5, 0.6) is 5.88 Å². The van der Waals surface area contributed by atoms with Gasteiger partial charge in [0.1, 0.15) is 12.1 Å². The quantitative estimate of drug-likeness (QED) is 0.330. The Bertz CT molecular complexity index is 1500. The van der Waals surface area contributed by atoms with Gasteiger partial charge in [0, 0.05) is 18.3 Å². The molecule has 5 aromatic rings. The Morgan fingerprint density at radius 1 is 0.943 bits per heavy atom. The van der Waals surface area contributed by atoms with Gasteiger partial charge in [0.05, 0.1) is 40.9 Å². The van der Waals surface area contributed by atoms with E-state index < -0.39 is 5.82 Å². The van der Waals surface area contributed by atoms with Gasteiger partial charge in [-0.25, -0.2) is 14.4 Å². The van der Waals surface area contributed by atoms with Gasteiger partial charge in [0.15, 0.2) is 0 Å². The van der Waals surface area contributed by atoms with E-state index in [0.29, 0.717) is 22.9 Å². The molecule has 0 spiro atoms. The third-order valence-corrected chi connectivity index (χ3v) is 5.86. The van der Waals surface area contributed by atoms with Crippen molar-refractivity contribution in [2.24, 2.45) is 0 Å². The maximum atomic E-state index is 15.2. The zero-order valence-corrected chi connectivity index (χ0v) is 18.7. The Hall–Kier alpha value is -4.53. The largest absolute Gasteiger partial charge is 0.480 e. The van der Waals surface area contributed by atoms with Crippen LogP contribution < -0.4 is 4.74 Å². The average Bonchev–Trinajstić information content (AvgIpc) is 3.65. The van der Waals surface area contributed by atoms with Gasteiger partial charge in [-0.1, -0.05) is 17.3 Å². The molecule has 0 aliphatic heterocycles. The van der Waals surface area contributed by atoms with E-state index in [1.807, 2.05) is 30.3 Å². The Morgan fingerprint density at radius 2 is 1.80 bits per heavy atom. The minimum Gasteiger partial charge on any atom is -0.480 e. The Balaban J connectivity index is 1.30. The molecule has 8 nitrogen and oxygen atoms in total. The molecule has 0 amide bonds. The highest BCUT2D eigenvalue weighted by atomic mass is 19.1. The molecule has 1 aliphatic rings. The SMILES string of the molecule is COc1ncnc(C2CC2)c1-c1ccc(-c2noc(-c3ccc(-c4ccccn4)nc3)n2)c(F)c1. The monoisotopic (exact) mass is 466 g/mol.